The molecule has 0 radical (unpaired) electrons. The van der Waals surface area contributed by atoms with E-state index in [0.717, 1.165) is 17.0 Å². The van der Waals surface area contributed by atoms with Crippen LogP contribution in [-0.4, -0.2) is 31.0 Å². The lowest BCUT2D eigenvalue weighted by atomic mass is 10.2. The van der Waals surface area contributed by atoms with Gasteiger partial charge in [0.15, 0.2) is 0 Å². The Labute approximate surface area is 202 Å². The summed E-state index contributed by atoms with van der Waals surface area (Å²) in [6.45, 7) is 0. The van der Waals surface area contributed by atoms with E-state index in [1.165, 1.54) is 41.2 Å². The number of benzene rings is 2. The highest BCUT2D eigenvalue weighted by molar-refractivity contribution is 7.92. The maximum Gasteiger partial charge on any atom is 0.333 e. The van der Waals surface area contributed by atoms with Crippen LogP contribution in [0, 0.1) is 0 Å². The van der Waals surface area contributed by atoms with Crippen molar-refractivity contribution in [2.75, 3.05) is 17.7 Å². The number of carbonyl (C=O) groups is 1. The summed E-state index contributed by atoms with van der Waals surface area (Å²) in [6.07, 6.45) is 1.36. The number of fused-ring (bicyclic) bond motifs is 1. The highest BCUT2D eigenvalue weighted by Gasteiger charge is 2.20. The summed E-state index contributed by atoms with van der Waals surface area (Å²) in [7, 11) is -2.30. The number of nitrogens with zero attached hydrogens (tertiary/aromatic N) is 2. The Bertz CT molecular complexity index is 1550. The van der Waals surface area contributed by atoms with Crippen molar-refractivity contribution in [3.05, 3.63) is 74.6 Å². The summed E-state index contributed by atoms with van der Waals surface area (Å²) < 4.78 is 27.9. The summed E-state index contributed by atoms with van der Waals surface area (Å²) in [4.78, 5) is 29.4. The van der Waals surface area contributed by atoms with Crippen LogP contribution in [-0.2, 0) is 10.0 Å². The van der Waals surface area contributed by atoms with Gasteiger partial charge in [-0.15, -0.1) is 11.3 Å². The molecule has 2 aromatic carbocycles. The van der Waals surface area contributed by atoms with E-state index in [0.29, 0.717) is 16.6 Å². The average molecular weight is 524 g/mol. The number of hydrogen-bond donors (Lipinski definition) is 3. The van der Waals surface area contributed by atoms with Gasteiger partial charge in [-0.05, 0) is 48.5 Å². The van der Waals surface area contributed by atoms with Crippen molar-refractivity contribution in [2.24, 2.45) is 0 Å². The summed E-state index contributed by atoms with van der Waals surface area (Å²) >= 11 is 12.9. The number of anilines is 2. The minimum Gasteiger partial charge on any atom is -0.388 e. The normalized spacial score (nSPS) is 11.4. The molecule has 9 nitrogen and oxygen atoms in total. The molecule has 0 aliphatic heterocycles. The molecule has 0 fully saturated rings. The fraction of sp³-hybridized carbons (Fsp3) is 0.0500. The van der Waals surface area contributed by atoms with Crippen LogP contribution in [0.25, 0.3) is 16.6 Å². The third-order valence-electron chi connectivity index (χ3n) is 4.55. The third kappa shape index (κ3) is 4.81. The van der Waals surface area contributed by atoms with Crippen LogP contribution in [0.1, 0.15) is 0 Å². The van der Waals surface area contributed by atoms with Crippen LogP contribution >= 0.6 is 34.5 Å². The van der Waals surface area contributed by atoms with Crippen LogP contribution < -0.4 is 20.9 Å². The first-order valence-corrected chi connectivity index (χ1v) is 12.3. The van der Waals surface area contributed by atoms with Crippen molar-refractivity contribution in [2.45, 2.75) is 4.21 Å². The number of aromatic nitrogens is 2. The highest BCUT2D eigenvalue weighted by atomic mass is 35.5. The smallest absolute Gasteiger partial charge is 0.333 e. The molecule has 170 valence electrons. The molecular formula is C20H15Cl2N5O4S2. The standard InChI is InChI=1S/C20H15Cl2N5O4S2/c1-23-11-2-4-13-15(9-11)24-10-27(19(13)28)16-5-3-12(8-14(16)21)25-20(29)26-33(30,31)18-7-6-17(22)32-18/h2-10,23H,1H3,(H2,25,26,29). The van der Waals surface area contributed by atoms with E-state index in [1.54, 1.807) is 25.2 Å². The fourth-order valence-electron chi connectivity index (χ4n) is 3.00. The Kier molecular flexibility index (Phi) is 6.30. The van der Waals surface area contributed by atoms with E-state index in [1.807, 2.05) is 4.72 Å². The van der Waals surface area contributed by atoms with Crippen LogP contribution in [0.3, 0.4) is 0 Å². The van der Waals surface area contributed by atoms with Crippen LogP contribution in [0.15, 0.2) is 63.9 Å². The van der Waals surface area contributed by atoms with Crippen LogP contribution in [0.2, 0.25) is 9.36 Å². The van der Waals surface area contributed by atoms with E-state index in [-0.39, 0.29) is 24.8 Å². The van der Waals surface area contributed by atoms with Crippen LogP contribution in [0.5, 0.6) is 0 Å². The van der Waals surface area contributed by atoms with E-state index in [4.69, 9.17) is 23.2 Å². The summed E-state index contributed by atoms with van der Waals surface area (Å²) in [6, 6.07) is 11.3. The van der Waals surface area contributed by atoms with Gasteiger partial charge < -0.3 is 10.6 Å². The van der Waals surface area contributed by atoms with Crippen molar-refractivity contribution in [1.29, 1.82) is 0 Å². The zero-order valence-electron chi connectivity index (χ0n) is 16.8. The lowest BCUT2D eigenvalue weighted by Crippen LogP contribution is -2.33. The molecule has 0 atom stereocenters. The predicted octanol–water partition coefficient (Wildman–Crippen LogP) is 4.31. The average Bonchev–Trinajstić information content (AvgIpc) is 3.21. The number of hydrogen-bond acceptors (Lipinski definition) is 7. The minimum absolute atomic E-state index is 0.0963. The van der Waals surface area contributed by atoms with Crippen molar-refractivity contribution in [3.63, 3.8) is 0 Å². The van der Waals surface area contributed by atoms with Crippen molar-refractivity contribution in [1.82, 2.24) is 14.3 Å². The van der Waals surface area contributed by atoms with E-state index < -0.39 is 16.1 Å². The van der Waals surface area contributed by atoms with Crippen molar-refractivity contribution in [3.8, 4) is 5.69 Å². The van der Waals surface area contributed by atoms with E-state index in [9.17, 15) is 18.0 Å². The predicted molar refractivity (Wildman–Crippen MR) is 131 cm³/mol. The molecule has 0 bridgehead atoms. The van der Waals surface area contributed by atoms with Gasteiger partial charge in [-0.1, -0.05) is 23.2 Å². The molecule has 2 amide bonds. The zero-order chi connectivity index (χ0) is 23.8. The molecule has 3 N–H and O–H groups in total. The molecule has 0 aliphatic rings. The molecule has 13 heteroatoms. The highest BCUT2D eigenvalue weighted by Crippen LogP contribution is 2.26. The quantitative estimate of drug-likeness (QED) is 0.358. The molecule has 2 heterocycles. The number of thiophene rings is 1. The number of sulfonamides is 1. The van der Waals surface area contributed by atoms with E-state index >= 15 is 0 Å². The third-order valence-corrected chi connectivity index (χ3v) is 7.91. The molecule has 0 saturated heterocycles. The van der Waals surface area contributed by atoms with Gasteiger partial charge in [-0.2, -0.15) is 0 Å². The second kappa shape index (κ2) is 9.02. The molecule has 4 rings (SSSR count). The molecule has 33 heavy (non-hydrogen) atoms. The number of urea groups is 1. The number of carbonyl (C=O) groups excluding carboxylic acids is 1. The Morgan fingerprint density at radius 2 is 1.82 bits per heavy atom. The van der Waals surface area contributed by atoms with Gasteiger partial charge in [0.05, 0.1) is 25.9 Å². The second-order valence-electron chi connectivity index (χ2n) is 6.69. The van der Waals surface area contributed by atoms with Crippen LogP contribution in [0.4, 0.5) is 16.2 Å². The first-order chi connectivity index (χ1) is 15.7. The van der Waals surface area contributed by atoms with Crippen molar-refractivity contribution >= 4 is 72.9 Å². The Morgan fingerprint density at radius 1 is 1.06 bits per heavy atom. The monoisotopic (exact) mass is 523 g/mol. The topological polar surface area (TPSA) is 122 Å². The van der Waals surface area contributed by atoms with Gasteiger partial charge in [0.25, 0.3) is 15.6 Å². The zero-order valence-corrected chi connectivity index (χ0v) is 19.9. The summed E-state index contributed by atoms with van der Waals surface area (Å²) in [5, 5.41) is 5.95. The molecule has 0 unspecified atom stereocenters. The lowest BCUT2D eigenvalue weighted by Gasteiger charge is -2.12. The maximum absolute atomic E-state index is 12.9. The van der Waals surface area contributed by atoms with Crippen molar-refractivity contribution < 1.29 is 13.2 Å². The van der Waals surface area contributed by atoms with Gasteiger partial charge in [0, 0.05) is 18.4 Å². The molecule has 0 saturated carbocycles. The first-order valence-electron chi connectivity index (χ1n) is 9.26. The number of nitrogens with one attached hydrogen (secondary N) is 3. The molecule has 0 aliphatic carbocycles. The Balaban J connectivity index is 1.57. The Morgan fingerprint density at radius 3 is 2.48 bits per heavy atom. The first kappa shape index (κ1) is 23.1. The second-order valence-corrected chi connectivity index (χ2v) is 10.7. The molecular weight excluding hydrogens is 509 g/mol. The van der Waals surface area contributed by atoms with Gasteiger partial charge in [0.2, 0.25) is 0 Å². The number of rotatable bonds is 5. The fourth-order valence-corrected chi connectivity index (χ4v) is 5.66. The minimum atomic E-state index is -4.07. The number of halogens is 2. The Hall–Kier alpha value is -3.12. The largest absolute Gasteiger partial charge is 0.388 e. The maximum atomic E-state index is 12.9. The van der Waals surface area contributed by atoms with E-state index in [2.05, 4.69) is 15.6 Å². The van der Waals surface area contributed by atoms with Gasteiger partial charge in [-0.25, -0.2) is 22.9 Å². The molecule has 0 spiro atoms. The molecule has 2 aromatic heterocycles. The number of amides is 2. The SMILES string of the molecule is CNc1ccc2c(=O)n(-c3ccc(NC(=O)NS(=O)(=O)c4ccc(Cl)s4)cc3Cl)cnc2c1. The van der Waals surface area contributed by atoms with Gasteiger partial charge in [0.1, 0.15) is 10.5 Å². The summed E-state index contributed by atoms with van der Waals surface area (Å²) in [5.74, 6) is 0. The molecule has 4 aromatic rings. The summed E-state index contributed by atoms with van der Waals surface area (Å²) in [5.41, 5.74) is 1.61. The lowest BCUT2D eigenvalue weighted by molar-refractivity contribution is 0.256. The van der Waals surface area contributed by atoms with Gasteiger partial charge >= 0.3 is 6.03 Å². The van der Waals surface area contributed by atoms with Gasteiger partial charge in [-0.3, -0.25) is 9.36 Å².